The van der Waals surface area contributed by atoms with Gasteiger partial charge in [0.15, 0.2) is 0 Å². The molecule has 0 unspecified atom stereocenters. The van der Waals surface area contributed by atoms with Crippen LogP contribution in [0, 0.1) is 5.92 Å². The summed E-state index contributed by atoms with van der Waals surface area (Å²) in [5, 5.41) is 8.70. The molecular weight excluding hydrogens is 286 g/mol. The van der Waals surface area contributed by atoms with E-state index in [1.54, 1.807) is 0 Å². The Labute approximate surface area is 119 Å². The number of benzene rings is 1. The molecule has 1 aromatic rings. The van der Waals surface area contributed by atoms with Crippen LogP contribution in [0.15, 0.2) is 24.3 Å². The quantitative estimate of drug-likeness (QED) is 0.670. The molecule has 0 fully saturated rings. The molecule has 0 aromatic heterocycles. The minimum atomic E-state index is -1.01. The molecule has 0 aliphatic rings. The van der Waals surface area contributed by atoms with Gasteiger partial charge in [-0.3, -0.25) is 0 Å². The summed E-state index contributed by atoms with van der Waals surface area (Å²) in [6, 6.07) is 5.70. The third kappa shape index (κ3) is 5.41. The Bertz CT molecular complexity index is 398. The molecule has 4 nitrogen and oxygen atoms in total. The van der Waals surface area contributed by atoms with Gasteiger partial charge in [-0.05, 0) is 36.6 Å². The van der Waals surface area contributed by atoms with Gasteiger partial charge >= 0.3 is 11.9 Å². The number of carbonyl (C=O) groups excluding carboxylic acids is 1. The first-order chi connectivity index (χ1) is 8.00. The fraction of sp³-hybridized carbons (Fsp3) is 0.385. The van der Waals surface area contributed by atoms with Gasteiger partial charge in [-0.1, -0.05) is 13.8 Å². The largest absolute Gasteiger partial charge is 0.478 e. The number of hydrogen-bond donors (Lipinski definition) is 1. The van der Waals surface area contributed by atoms with E-state index in [2.05, 4.69) is 13.8 Å². The molecule has 94 valence electrons. The molecule has 0 saturated carbocycles. The zero-order chi connectivity index (χ0) is 12.8. The summed E-state index contributed by atoms with van der Waals surface area (Å²) in [6.07, 6.45) is 0.818. The van der Waals surface area contributed by atoms with Crippen LogP contribution in [-0.4, -0.2) is 23.7 Å². The summed E-state index contributed by atoms with van der Waals surface area (Å²) in [7, 11) is 0. The monoisotopic (exact) mass is 300 g/mol. The Morgan fingerprint density at radius 1 is 1.17 bits per heavy atom. The van der Waals surface area contributed by atoms with E-state index >= 15 is 0 Å². The van der Waals surface area contributed by atoms with Gasteiger partial charge in [-0.25, -0.2) is 9.59 Å². The van der Waals surface area contributed by atoms with E-state index in [9.17, 15) is 9.59 Å². The maximum absolute atomic E-state index is 11.5. The maximum Gasteiger partial charge on any atom is 0.338 e. The topological polar surface area (TPSA) is 63.6 Å². The second-order valence-corrected chi connectivity index (χ2v) is 4.20. The fourth-order valence-electron chi connectivity index (χ4n) is 1.22. The number of esters is 1. The molecule has 0 radical (unpaired) electrons. The Balaban J connectivity index is 0.00000289. The van der Waals surface area contributed by atoms with Crippen molar-refractivity contribution in [2.75, 3.05) is 6.61 Å². The average Bonchev–Trinajstić information content (AvgIpc) is 2.28. The van der Waals surface area contributed by atoms with Crippen molar-refractivity contribution >= 4 is 11.9 Å². The van der Waals surface area contributed by atoms with Gasteiger partial charge in [0.05, 0.1) is 17.7 Å². The smallest absolute Gasteiger partial charge is 0.338 e. The first-order valence-corrected chi connectivity index (χ1v) is 5.51. The number of rotatable bonds is 5. The predicted molar refractivity (Wildman–Crippen MR) is 63.1 cm³/mol. The Kier molecular flexibility index (Phi) is 7.45. The molecule has 0 saturated heterocycles. The third-order valence-electron chi connectivity index (χ3n) is 2.30. The van der Waals surface area contributed by atoms with Crippen molar-refractivity contribution < 1.29 is 38.9 Å². The summed E-state index contributed by atoms with van der Waals surface area (Å²) >= 11 is 0. The first-order valence-electron chi connectivity index (χ1n) is 5.51. The number of carbonyl (C=O) groups is 2. The number of carboxylic acids is 1. The second kappa shape index (κ2) is 7.99. The zero-order valence-electron chi connectivity index (χ0n) is 10.7. The average molecular weight is 302 g/mol. The van der Waals surface area contributed by atoms with Gasteiger partial charge < -0.3 is 9.84 Å². The predicted octanol–water partition coefficient (Wildman–Crippen LogP) is 2.59. The van der Waals surface area contributed by atoms with Gasteiger partial charge in [0.2, 0.25) is 0 Å². The van der Waals surface area contributed by atoms with Crippen molar-refractivity contribution in [3.63, 3.8) is 0 Å². The molecule has 18 heavy (non-hydrogen) atoms. The SMILES string of the molecule is CC(C)CCOC(=O)c1ccc(C(=O)O)cc1.[Zn]. The molecule has 0 aliphatic heterocycles. The van der Waals surface area contributed by atoms with Crippen LogP contribution >= 0.6 is 0 Å². The van der Waals surface area contributed by atoms with E-state index in [4.69, 9.17) is 9.84 Å². The van der Waals surface area contributed by atoms with E-state index in [0.29, 0.717) is 18.1 Å². The minimum absolute atomic E-state index is 0. The summed E-state index contributed by atoms with van der Waals surface area (Å²) in [5.41, 5.74) is 0.530. The minimum Gasteiger partial charge on any atom is -0.478 e. The molecule has 0 amide bonds. The Hall–Kier alpha value is -1.22. The molecule has 0 spiro atoms. The normalized spacial score (nSPS) is 9.72. The molecule has 0 heterocycles. The van der Waals surface area contributed by atoms with Crippen molar-refractivity contribution in [1.29, 1.82) is 0 Å². The van der Waals surface area contributed by atoms with Crippen LogP contribution in [0.2, 0.25) is 0 Å². The molecule has 1 N–H and O–H groups in total. The van der Waals surface area contributed by atoms with Crippen molar-refractivity contribution in [2.24, 2.45) is 5.92 Å². The number of carboxylic acid groups (broad SMARTS) is 1. The third-order valence-corrected chi connectivity index (χ3v) is 2.30. The van der Waals surface area contributed by atoms with Gasteiger partial charge in [0.1, 0.15) is 0 Å². The zero-order valence-corrected chi connectivity index (χ0v) is 13.6. The van der Waals surface area contributed by atoms with E-state index in [0.717, 1.165) is 6.42 Å². The molecule has 0 bridgehead atoms. The summed E-state index contributed by atoms with van der Waals surface area (Å²) in [5.74, 6) is -0.940. The van der Waals surface area contributed by atoms with Crippen molar-refractivity contribution in [1.82, 2.24) is 0 Å². The Morgan fingerprint density at radius 2 is 1.67 bits per heavy atom. The number of ether oxygens (including phenoxy) is 1. The van der Waals surface area contributed by atoms with E-state index in [-0.39, 0.29) is 25.0 Å². The standard InChI is InChI=1S/C13H16O4.Zn/c1-9(2)7-8-17-13(16)11-5-3-10(4-6-11)12(14)15;/h3-6,9H,7-8H2,1-2H3,(H,14,15);. The van der Waals surface area contributed by atoms with Gasteiger partial charge in [-0.15, -0.1) is 0 Å². The fourth-order valence-corrected chi connectivity index (χ4v) is 1.22. The van der Waals surface area contributed by atoms with Gasteiger partial charge in [0, 0.05) is 19.5 Å². The maximum atomic E-state index is 11.5. The van der Waals surface area contributed by atoms with Crippen LogP contribution in [-0.2, 0) is 24.2 Å². The second-order valence-electron chi connectivity index (χ2n) is 4.20. The molecule has 5 heteroatoms. The van der Waals surface area contributed by atoms with Crippen molar-refractivity contribution in [3.8, 4) is 0 Å². The van der Waals surface area contributed by atoms with Gasteiger partial charge in [-0.2, -0.15) is 0 Å². The first kappa shape index (κ1) is 16.8. The summed E-state index contributed by atoms with van der Waals surface area (Å²) < 4.78 is 5.05. The number of aromatic carboxylic acids is 1. The van der Waals surface area contributed by atoms with Crippen molar-refractivity contribution in [3.05, 3.63) is 35.4 Å². The summed E-state index contributed by atoms with van der Waals surface area (Å²) in [4.78, 5) is 22.2. The number of hydrogen-bond acceptors (Lipinski definition) is 3. The van der Waals surface area contributed by atoms with Crippen LogP contribution in [0.3, 0.4) is 0 Å². The van der Waals surface area contributed by atoms with Crippen molar-refractivity contribution in [2.45, 2.75) is 20.3 Å². The van der Waals surface area contributed by atoms with Crippen LogP contribution in [0.25, 0.3) is 0 Å². The van der Waals surface area contributed by atoms with Crippen LogP contribution in [0.1, 0.15) is 41.0 Å². The van der Waals surface area contributed by atoms with Crippen LogP contribution in [0.5, 0.6) is 0 Å². The molecule has 0 aliphatic carbocycles. The van der Waals surface area contributed by atoms with Gasteiger partial charge in [0.25, 0.3) is 0 Å². The molecule has 1 rings (SSSR count). The molecular formula is C13H16O4Zn. The van der Waals surface area contributed by atoms with Crippen LogP contribution in [0.4, 0.5) is 0 Å². The molecule has 1 aromatic carbocycles. The Morgan fingerprint density at radius 3 is 2.11 bits per heavy atom. The van der Waals surface area contributed by atoms with E-state index in [1.165, 1.54) is 24.3 Å². The van der Waals surface area contributed by atoms with E-state index in [1.807, 2.05) is 0 Å². The van der Waals surface area contributed by atoms with E-state index < -0.39 is 11.9 Å². The summed E-state index contributed by atoms with van der Waals surface area (Å²) in [6.45, 7) is 4.49. The molecule has 0 atom stereocenters. The van der Waals surface area contributed by atoms with Crippen LogP contribution < -0.4 is 0 Å².